The molecule has 4 rings (SSSR count). The molecule has 2 heterocycles. The average molecular weight is 512 g/mol. The molecular formula is C27H30FN3O6. The highest BCUT2D eigenvalue weighted by atomic mass is 19.1. The summed E-state index contributed by atoms with van der Waals surface area (Å²) < 4.78 is 32.0. The quantitative estimate of drug-likeness (QED) is 0.492. The minimum absolute atomic E-state index is 0.0416. The van der Waals surface area contributed by atoms with E-state index in [1.54, 1.807) is 43.3 Å². The molecule has 1 aliphatic heterocycles. The number of ether oxygens (including phenoxy) is 3. The Morgan fingerprint density at radius 2 is 1.73 bits per heavy atom. The van der Waals surface area contributed by atoms with Gasteiger partial charge in [0.05, 0.1) is 14.2 Å². The van der Waals surface area contributed by atoms with Gasteiger partial charge in [-0.05, 0) is 49.4 Å². The zero-order valence-electron chi connectivity index (χ0n) is 21.1. The van der Waals surface area contributed by atoms with Gasteiger partial charge in [-0.25, -0.2) is 4.39 Å². The first-order chi connectivity index (χ1) is 17.9. The van der Waals surface area contributed by atoms with E-state index in [2.05, 4.69) is 4.98 Å². The normalized spacial score (nSPS) is 14.0. The maximum atomic E-state index is 14.3. The van der Waals surface area contributed by atoms with Gasteiger partial charge in [-0.1, -0.05) is 24.3 Å². The summed E-state index contributed by atoms with van der Waals surface area (Å²) in [4.78, 5) is 32.1. The molecule has 9 nitrogen and oxygen atoms in total. The highest BCUT2D eigenvalue weighted by Gasteiger charge is 2.32. The average Bonchev–Trinajstić information content (AvgIpc) is 2.91. The third kappa shape index (κ3) is 5.15. The summed E-state index contributed by atoms with van der Waals surface area (Å²) in [5.74, 6) is -0.787. The van der Waals surface area contributed by atoms with E-state index in [1.165, 1.54) is 29.8 Å². The summed E-state index contributed by atoms with van der Waals surface area (Å²) in [5.41, 5.74) is -0.430. The lowest BCUT2D eigenvalue weighted by atomic mass is 9.89. The molecule has 1 amide bonds. The summed E-state index contributed by atoms with van der Waals surface area (Å²) >= 11 is 0. The Balaban J connectivity index is 1.73. The van der Waals surface area contributed by atoms with Gasteiger partial charge in [-0.2, -0.15) is 4.98 Å². The first-order valence-corrected chi connectivity index (χ1v) is 12.1. The highest BCUT2D eigenvalue weighted by Crippen LogP contribution is 2.37. The first-order valence-electron chi connectivity index (χ1n) is 12.1. The van der Waals surface area contributed by atoms with Crippen molar-refractivity contribution >= 4 is 5.91 Å². The maximum absolute atomic E-state index is 14.3. The van der Waals surface area contributed by atoms with Crippen LogP contribution in [0.2, 0.25) is 0 Å². The number of amides is 1. The van der Waals surface area contributed by atoms with E-state index >= 15 is 0 Å². The number of benzene rings is 2. The van der Waals surface area contributed by atoms with E-state index in [0.29, 0.717) is 49.6 Å². The molecule has 0 unspecified atom stereocenters. The van der Waals surface area contributed by atoms with Crippen LogP contribution < -0.4 is 15.0 Å². The second-order valence-corrected chi connectivity index (χ2v) is 8.60. The van der Waals surface area contributed by atoms with Gasteiger partial charge in [0, 0.05) is 19.7 Å². The van der Waals surface area contributed by atoms with E-state index in [1.807, 2.05) is 0 Å². The lowest BCUT2D eigenvalue weighted by Gasteiger charge is -2.32. The number of carbonyl (C=O) groups is 1. The first kappa shape index (κ1) is 26.2. The van der Waals surface area contributed by atoms with Gasteiger partial charge in [-0.15, -0.1) is 0 Å². The Labute approximate surface area is 214 Å². The van der Waals surface area contributed by atoms with Crippen LogP contribution >= 0.6 is 0 Å². The number of para-hydroxylation sites is 1. The third-order valence-corrected chi connectivity index (χ3v) is 6.54. The topological polar surface area (TPSA) is 103 Å². The number of hydrogen-bond acceptors (Lipinski definition) is 7. The molecule has 0 spiro atoms. The molecule has 0 atom stereocenters. The lowest BCUT2D eigenvalue weighted by molar-refractivity contribution is 0.0704. The largest absolute Gasteiger partial charge is 0.494 e. The second kappa shape index (κ2) is 11.4. The number of piperidine rings is 1. The van der Waals surface area contributed by atoms with E-state index in [9.17, 15) is 19.1 Å². The van der Waals surface area contributed by atoms with Crippen LogP contribution in [-0.2, 0) is 11.3 Å². The highest BCUT2D eigenvalue weighted by molar-refractivity contribution is 5.96. The summed E-state index contributed by atoms with van der Waals surface area (Å²) in [6.07, 6.45) is 1.05. The van der Waals surface area contributed by atoms with Crippen LogP contribution in [-0.4, -0.2) is 59.4 Å². The van der Waals surface area contributed by atoms with Crippen LogP contribution in [0.4, 0.5) is 4.39 Å². The number of carbonyl (C=O) groups excluding carboxylic acids is 1. The van der Waals surface area contributed by atoms with E-state index in [0.717, 1.165) is 0 Å². The fourth-order valence-corrected chi connectivity index (χ4v) is 4.67. The Morgan fingerprint density at radius 3 is 2.32 bits per heavy atom. The van der Waals surface area contributed by atoms with Crippen LogP contribution in [0.15, 0.2) is 47.3 Å². The number of likely N-dealkylation sites (tertiary alicyclic amines) is 1. The Hall–Kier alpha value is -3.92. The summed E-state index contributed by atoms with van der Waals surface area (Å²) in [7, 11) is 2.92. The van der Waals surface area contributed by atoms with Crippen molar-refractivity contribution < 1.29 is 28.5 Å². The molecule has 1 N–H and O–H groups in total. The predicted molar refractivity (Wildman–Crippen MR) is 134 cm³/mol. The zero-order chi connectivity index (χ0) is 26.5. The molecule has 0 bridgehead atoms. The van der Waals surface area contributed by atoms with Crippen molar-refractivity contribution in [3.05, 3.63) is 75.6 Å². The zero-order valence-corrected chi connectivity index (χ0v) is 21.1. The standard InChI is InChI=1S/C27H30FN3O6/c1-4-37-16-22-29-25(32)23(27(34)31(22)24-20(35-2)10-7-11-21(24)36-3)26(33)30-14-12-17(13-15-30)18-8-5-6-9-19(18)28/h5-11,17,34H,4,12-16H2,1-3H3. The van der Waals surface area contributed by atoms with Crippen LogP contribution in [0.1, 0.15) is 47.4 Å². The van der Waals surface area contributed by atoms with Crippen LogP contribution in [0, 0.1) is 5.82 Å². The van der Waals surface area contributed by atoms with Gasteiger partial charge in [0.15, 0.2) is 5.56 Å². The lowest BCUT2D eigenvalue weighted by Crippen LogP contribution is -2.41. The van der Waals surface area contributed by atoms with Crippen molar-refractivity contribution in [2.45, 2.75) is 32.3 Å². The molecule has 1 fully saturated rings. The van der Waals surface area contributed by atoms with Crippen LogP contribution in [0.5, 0.6) is 17.4 Å². The van der Waals surface area contributed by atoms with Gasteiger partial charge >= 0.3 is 0 Å². The summed E-state index contributed by atoms with van der Waals surface area (Å²) in [5, 5.41) is 11.4. The molecule has 0 radical (unpaired) electrons. The number of methoxy groups -OCH3 is 2. The molecule has 10 heteroatoms. The van der Waals surface area contributed by atoms with Crippen molar-refractivity contribution in [2.24, 2.45) is 0 Å². The van der Waals surface area contributed by atoms with Crippen molar-refractivity contribution in [2.75, 3.05) is 33.9 Å². The molecule has 2 aromatic carbocycles. The van der Waals surface area contributed by atoms with E-state index in [-0.39, 0.29) is 29.9 Å². The SMILES string of the molecule is CCOCc1nc(=O)c(C(=O)N2CCC(c3ccccc3F)CC2)c(O)n1-c1c(OC)cccc1OC. The minimum atomic E-state index is -0.862. The molecule has 3 aromatic rings. The van der Waals surface area contributed by atoms with Gasteiger partial charge in [0.1, 0.15) is 35.4 Å². The van der Waals surface area contributed by atoms with Crippen molar-refractivity contribution in [1.82, 2.24) is 14.5 Å². The van der Waals surface area contributed by atoms with Crippen molar-refractivity contribution in [1.29, 1.82) is 0 Å². The smallest absolute Gasteiger partial charge is 0.289 e. The number of aromatic hydroxyl groups is 1. The molecule has 0 saturated carbocycles. The van der Waals surface area contributed by atoms with Gasteiger partial charge < -0.3 is 24.2 Å². The molecule has 1 saturated heterocycles. The summed E-state index contributed by atoms with van der Waals surface area (Å²) in [6.45, 7) is 2.64. The Bertz CT molecular complexity index is 1310. The monoisotopic (exact) mass is 511 g/mol. The van der Waals surface area contributed by atoms with Crippen LogP contribution in [0.3, 0.4) is 0 Å². The van der Waals surface area contributed by atoms with Crippen molar-refractivity contribution in [3.63, 3.8) is 0 Å². The molecule has 196 valence electrons. The summed E-state index contributed by atoms with van der Waals surface area (Å²) in [6, 6.07) is 11.6. The van der Waals surface area contributed by atoms with E-state index < -0.39 is 22.9 Å². The fourth-order valence-electron chi connectivity index (χ4n) is 4.67. The van der Waals surface area contributed by atoms with Gasteiger partial charge in [-0.3, -0.25) is 14.2 Å². The number of hydrogen-bond donors (Lipinski definition) is 1. The van der Waals surface area contributed by atoms with Crippen molar-refractivity contribution in [3.8, 4) is 23.1 Å². The molecule has 1 aliphatic rings. The molecule has 1 aromatic heterocycles. The van der Waals surface area contributed by atoms with Gasteiger partial charge in [0.2, 0.25) is 5.88 Å². The minimum Gasteiger partial charge on any atom is -0.494 e. The molecular weight excluding hydrogens is 481 g/mol. The molecule has 37 heavy (non-hydrogen) atoms. The Morgan fingerprint density at radius 1 is 1.08 bits per heavy atom. The third-order valence-electron chi connectivity index (χ3n) is 6.54. The number of halogens is 1. The molecule has 0 aliphatic carbocycles. The van der Waals surface area contributed by atoms with Gasteiger partial charge in [0.25, 0.3) is 11.5 Å². The van der Waals surface area contributed by atoms with E-state index in [4.69, 9.17) is 14.2 Å². The fraction of sp³-hybridized carbons (Fsp3) is 0.370. The predicted octanol–water partition coefficient (Wildman–Crippen LogP) is 3.65. The Kier molecular flexibility index (Phi) is 8.08. The second-order valence-electron chi connectivity index (χ2n) is 8.60. The number of nitrogens with zero attached hydrogens (tertiary/aromatic N) is 3. The maximum Gasteiger partial charge on any atom is 0.289 e. The van der Waals surface area contributed by atoms with Crippen LogP contribution in [0.25, 0.3) is 5.69 Å². The number of rotatable bonds is 8. The number of aromatic nitrogens is 2.